The van der Waals surface area contributed by atoms with E-state index in [0.29, 0.717) is 0 Å². The molecule has 0 aliphatic heterocycles. The highest BCUT2D eigenvalue weighted by atomic mass is 79.9. The molecule has 8 aromatic rings. The fourth-order valence-electron chi connectivity index (χ4n) is 5.93. The van der Waals surface area contributed by atoms with Crippen LogP contribution >= 0.6 is 15.9 Å². The summed E-state index contributed by atoms with van der Waals surface area (Å²) in [7, 11) is 0. The van der Waals surface area contributed by atoms with Crippen LogP contribution in [0.5, 0.6) is 11.5 Å². The zero-order chi connectivity index (χ0) is 26.6. The van der Waals surface area contributed by atoms with Crippen molar-refractivity contribution in [1.29, 1.82) is 0 Å². The lowest BCUT2D eigenvalue weighted by molar-refractivity contribution is 0.479. The van der Waals surface area contributed by atoms with Crippen molar-refractivity contribution in [2.45, 2.75) is 0 Å². The SMILES string of the molecule is Brc1c(Oc2ccccc2)cc(-n2c3ccccc3c3ccccc32)cc1-n1c2ccccc2c2ccccc21. The standard InChI is InChI=1S/C36H23BrN2O/c37-36-34(39-32-20-10-6-16-28(32)29-17-7-11-21-33(29)39)22-24(23-35(36)40-25-12-2-1-3-13-25)38-30-18-8-4-14-26(30)27-15-5-9-19-31(27)38/h1-23H. The maximum Gasteiger partial charge on any atom is 0.145 e. The summed E-state index contributed by atoms with van der Waals surface area (Å²) in [4.78, 5) is 0. The van der Waals surface area contributed by atoms with Crippen LogP contribution in [-0.2, 0) is 0 Å². The number of fused-ring (bicyclic) bond motifs is 6. The van der Waals surface area contributed by atoms with Gasteiger partial charge in [0.2, 0.25) is 0 Å². The van der Waals surface area contributed by atoms with Crippen LogP contribution in [0.2, 0.25) is 0 Å². The maximum atomic E-state index is 6.56. The molecule has 8 rings (SSSR count). The molecule has 4 heteroatoms. The molecule has 190 valence electrons. The average Bonchev–Trinajstić information content (AvgIpc) is 3.52. The second-order valence-electron chi connectivity index (χ2n) is 9.93. The van der Waals surface area contributed by atoms with E-state index in [2.05, 4.69) is 134 Å². The van der Waals surface area contributed by atoms with Crippen molar-refractivity contribution < 1.29 is 4.74 Å². The molecule has 0 radical (unpaired) electrons. The molecule has 0 saturated carbocycles. The zero-order valence-electron chi connectivity index (χ0n) is 21.5. The molecule has 2 heterocycles. The van der Waals surface area contributed by atoms with Gasteiger partial charge in [0.05, 0.1) is 37.9 Å². The summed E-state index contributed by atoms with van der Waals surface area (Å²) in [5.41, 5.74) is 6.66. The Labute approximate surface area is 239 Å². The molecule has 0 aliphatic rings. The topological polar surface area (TPSA) is 19.1 Å². The van der Waals surface area contributed by atoms with Gasteiger partial charge in [-0.15, -0.1) is 0 Å². The van der Waals surface area contributed by atoms with E-state index in [1.165, 1.54) is 21.5 Å². The molecule has 0 aliphatic carbocycles. The van der Waals surface area contributed by atoms with Gasteiger partial charge in [-0.3, -0.25) is 0 Å². The minimum Gasteiger partial charge on any atom is -0.456 e. The van der Waals surface area contributed by atoms with E-state index in [1.807, 2.05) is 30.3 Å². The lowest BCUT2D eigenvalue weighted by Crippen LogP contribution is -2.02. The Morgan fingerprint density at radius 1 is 0.450 bits per heavy atom. The van der Waals surface area contributed by atoms with E-state index >= 15 is 0 Å². The van der Waals surface area contributed by atoms with E-state index in [0.717, 1.165) is 49.4 Å². The minimum absolute atomic E-state index is 0.752. The Balaban J connectivity index is 1.49. The number of benzene rings is 6. The summed E-state index contributed by atoms with van der Waals surface area (Å²) in [6, 6.07) is 48.7. The highest BCUT2D eigenvalue weighted by molar-refractivity contribution is 9.10. The third-order valence-electron chi connectivity index (χ3n) is 7.64. The van der Waals surface area contributed by atoms with Crippen molar-refractivity contribution in [3.63, 3.8) is 0 Å². The first-order chi connectivity index (χ1) is 19.8. The Hall–Kier alpha value is -4.80. The van der Waals surface area contributed by atoms with Crippen LogP contribution in [0.1, 0.15) is 0 Å². The van der Waals surface area contributed by atoms with Crippen LogP contribution < -0.4 is 4.74 Å². The van der Waals surface area contributed by atoms with Gasteiger partial charge in [0.1, 0.15) is 11.5 Å². The van der Waals surface area contributed by atoms with E-state index in [1.54, 1.807) is 0 Å². The van der Waals surface area contributed by atoms with Crippen LogP contribution in [0, 0.1) is 0 Å². The molecule has 0 unspecified atom stereocenters. The second kappa shape index (κ2) is 9.15. The van der Waals surface area contributed by atoms with E-state index < -0.39 is 0 Å². The molecule has 0 saturated heterocycles. The number of rotatable bonds is 4. The highest BCUT2D eigenvalue weighted by Gasteiger charge is 2.20. The van der Waals surface area contributed by atoms with Crippen molar-refractivity contribution in [3.8, 4) is 22.9 Å². The fourth-order valence-corrected chi connectivity index (χ4v) is 6.42. The number of hydrogen-bond donors (Lipinski definition) is 0. The molecule has 0 amide bonds. The van der Waals surface area contributed by atoms with Gasteiger partial charge in [-0.2, -0.15) is 0 Å². The summed E-state index contributed by atoms with van der Waals surface area (Å²) in [6.07, 6.45) is 0. The molecule has 0 atom stereocenters. The van der Waals surface area contributed by atoms with Crippen molar-refractivity contribution in [1.82, 2.24) is 9.13 Å². The molecule has 0 N–H and O–H groups in total. The van der Waals surface area contributed by atoms with Crippen LogP contribution in [-0.4, -0.2) is 9.13 Å². The summed E-state index contributed by atoms with van der Waals surface area (Å²) in [5.74, 6) is 1.54. The number of para-hydroxylation sites is 5. The van der Waals surface area contributed by atoms with Gasteiger partial charge >= 0.3 is 0 Å². The van der Waals surface area contributed by atoms with Gasteiger partial charge in [-0.25, -0.2) is 0 Å². The zero-order valence-corrected chi connectivity index (χ0v) is 23.0. The average molecular weight is 579 g/mol. The number of hydrogen-bond acceptors (Lipinski definition) is 1. The van der Waals surface area contributed by atoms with Gasteiger partial charge in [0, 0.05) is 27.6 Å². The molecule has 2 aromatic heterocycles. The molecule has 6 aromatic carbocycles. The van der Waals surface area contributed by atoms with Gasteiger partial charge < -0.3 is 13.9 Å². The third kappa shape index (κ3) is 3.50. The van der Waals surface area contributed by atoms with Crippen molar-refractivity contribution in [2.75, 3.05) is 0 Å². The molecular weight excluding hydrogens is 556 g/mol. The van der Waals surface area contributed by atoms with Gasteiger partial charge in [-0.05, 0) is 58.4 Å². The van der Waals surface area contributed by atoms with Crippen LogP contribution in [0.25, 0.3) is 55.0 Å². The minimum atomic E-state index is 0.752. The summed E-state index contributed by atoms with van der Waals surface area (Å²) >= 11 is 3.97. The maximum absolute atomic E-state index is 6.56. The predicted molar refractivity (Wildman–Crippen MR) is 169 cm³/mol. The Morgan fingerprint density at radius 3 is 1.38 bits per heavy atom. The third-order valence-corrected chi connectivity index (χ3v) is 8.43. The lowest BCUT2D eigenvalue weighted by Gasteiger charge is -2.18. The molecule has 0 fully saturated rings. The Kier molecular flexibility index (Phi) is 5.29. The van der Waals surface area contributed by atoms with Crippen molar-refractivity contribution in [3.05, 3.63) is 144 Å². The molecular formula is C36H23BrN2O. The molecule has 3 nitrogen and oxygen atoms in total. The fraction of sp³-hybridized carbons (Fsp3) is 0. The highest BCUT2D eigenvalue weighted by Crippen LogP contribution is 2.42. The number of aromatic nitrogens is 2. The molecule has 0 bridgehead atoms. The monoisotopic (exact) mass is 578 g/mol. The van der Waals surface area contributed by atoms with E-state index in [4.69, 9.17) is 4.74 Å². The van der Waals surface area contributed by atoms with E-state index in [9.17, 15) is 0 Å². The van der Waals surface area contributed by atoms with Gasteiger partial charge in [0.15, 0.2) is 0 Å². The largest absolute Gasteiger partial charge is 0.456 e. The predicted octanol–water partition coefficient (Wildman–Crippen LogP) is 10.4. The van der Waals surface area contributed by atoms with Gasteiger partial charge in [0.25, 0.3) is 0 Å². The van der Waals surface area contributed by atoms with Crippen molar-refractivity contribution in [2.24, 2.45) is 0 Å². The normalized spacial score (nSPS) is 11.6. The number of nitrogens with zero attached hydrogens (tertiary/aromatic N) is 2. The second-order valence-corrected chi connectivity index (χ2v) is 10.7. The number of halogens is 1. The summed E-state index contributed by atoms with van der Waals surface area (Å²) in [6.45, 7) is 0. The molecule has 40 heavy (non-hydrogen) atoms. The number of ether oxygens (including phenoxy) is 1. The van der Waals surface area contributed by atoms with Crippen LogP contribution in [0.15, 0.2) is 144 Å². The smallest absolute Gasteiger partial charge is 0.145 e. The summed E-state index contributed by atoms with van der Waals surface area (Å²) < 4.78 is 12.1. The van der Waals surface area contributed by atoms with Crippen molar-refractivity contribution >= 4 is 59.5 Å². The van der Waals surface area contributed by atoms with Gasteiger partial charge in [-0.1, -0.05) is 91.0 Å². The molecule has 0 spiro atoms. The first-order valence-corrected chi connectivity index (χ1v) is 14.1. The Bertz CT molecular complexity index is 2100. The first-order valence-electron chi connectivity index (χ1n) is 13.3. The lowest BCUT2D eigenvalue weighted by atomic mass is 10.2. The summed E-state index contributed by atoms with van der Waals surface area (Å²) in [5, 5.41) is 4.89. The Morgan fingerprint density at radius 2 is 0.875 bits per heavy atom. The quantitative estimate of drug-likeness (QED) is 0.203. The van der Waals surface area contributed by atoms with Crippen LogP contribution in [0.4, 0.5) is 0 Å². The van der Waals surface area contributed by atoms with Crippen LogP contribution in [0.3, 0.4) is 0 Å². The van der Waals surface area contributed by atoms with E-state index in [-0.39, 0.29) is 0 Å². The first kappa shape index (κ1) is 23.1.